The number of fused-ring (bicyclic) bond motifs is 2. The molecule has 8 nitrogen and oxygen atoms in total. The Morgan fingerprint density at radius 3 is 2.81 bits per heavy atom. The second kappa shape index (κ2) is 9.67. The lowest BCUT2D eigenvalue weighted by atomic mass is 9.91. The number of aromatic nitrogens is 4. The van der Waals surface area contributed by atoms with E-state index in [0.717, 1.165) is 90.1 Å². The number of hydrogen-bond acceptors (Lipinski definition) is 7. The third-order valence-electron chi connectivity index (χ3n) is 8.12. The highest BCUT2D eigenvalue weighted by Gasteiger charge is 2.32. The van der Waals surface area contributed by atoms with Gasteiger partial charge in [-0.2, -0.15) is 5.10 Å². The Balaban J connectivity index is 1.19. The van der Waals surface area contributed by atoms with Gasteiger partial charge in [-0.15, -0.1) is 0 Å². The van der Waals surface area contributed by atoms with Crippen LogP contribution in [-0.2, 0) is 13.7 Å². The van der Waals surface area contributed by atoms with E-state index < -0.39 is 0 Å². The molecule has 0 aromatic carbocycles. The number of nitrogens with zero attached hydrogens (tertiary/aromatic N) is 6. The molecule has 3 aromatic heterocycles. The average Bonchev–Trinajstić information content (AvgIpc) is 3.53. The summed E-state index contributed by atoms with van der Waals surface area (Å²) in [6.45, 7) is 14.8. The monoisotopic (exact) mass is 497 g/mol. The highest BCUT2D eigenvalue weighted by atomic mass is 16.5. The van der Waals surface area contributed by atoms with Crippen LogP contribution in [0.15, 0.2) is 55.7 Å². The number of nitrogens with one attached hydrogen (secondary N) is 1. The van der Waals surface area contributed by atoms with Crippen molar-refractivity contribution in [2.24, 2.45) is 7.05 Å². The van der Waals surface area contributed by atoms with Crippen LogP contribution in [0.1, 0.15) is 42.1 Å². The molecule has 0 bridgehead atoms. The van der Waals surface area contributed by atoms with E-state index in [1.807, 2.05) is 49.4 Å². The zero-order valence-electron chi connectivity index (χ0n) is 21.8. The second-order valence-electron chi connectivity index (χ2n) is 10.4. The van der Waals surface area contributed by atoms with Crippen molar-refractivity contribution in [3.05, 3.63) is 72.6 Å². The fourth-order valence-electron chi connectivity index (χ4n) is 6.01. The van der Waals surface area contributed by atoms with E-state index in [1.165, 1.54) is 6.42 Å². The summed E-state index contributed by atoms with van der Waals surface area (Å²) in [4.78, 5) is 14.7. The molecule has 0 aliphatic carbocycles. The van der Waals surface area contributed by atoms with Crippen LogP contribution in [0.2, 0.25) is 0 Å². The van der Waals surface area contributed by atoms with Crippen LogP contribution in [0.5, 0.6) is 5.75 Å². The van der Waals surface area contributed by atoms with Gasteiger partial charge >= 0.3 is 0 Å². The summed E-state index contributed by atoms with van der Waals surface area (Å²) in [7, 11) is 1.93. The molecule has 3 aromatic rings. The molecular formula is C29H35N7O. The summed E-state index contributed by atoms with van der Waals surface area (Å²) in [5.41, 5.74) is 7.23. The van der Waals surface area contributed by atoms with Gasteiger partial charge < -0.3 is 15.0 Å². The molecule has 3 aliphatic heterocycles. The maximum atomic E-state index is 6.32. The molecule has 1 N–H and O–H groups in total. The van der Waals surface area contributed by atoms with E-state index >= 15 is 0 Å². The summed E-state index contributed by atoms with van der Waals surface area (Å²) in [6.07, 6.45) is 11.0. The molecule has 1 unspecified atom stereocenters. The molecule has 1 atom stereocenters. The lowest BCUT2D eigenvalue weighted by Crippen LogP contribution is -2.42. The third kappa shape index (κ3) is 4.50. The number of pyridine rings is 2. The molecule has 3 aliphatic rings. The summed E-state index contributed by atoms with van der Waals surface area (Å²) < 4.78 is 8.13. The first-order valence-electron chi connectivity index (χ1n) is 13.2. The highest BCUT2D eigenvalue weighted by Crippen LogP contribution is 2.40. The molecule has 2 fully saturated rings. The van der Waals surface area contributed by atoms with Crippen molar-refractivity contribution in [3.63, 3.8) is 0 Å². The number of aryl methyl sites for hydroxylation is 2. The van der Waals surface area contributed by atoms with Gasteiger partial charge in [0.2, 0.25) is 0 Å². The number of ether oxygens (including phenoxy) is 1. The molecule has 6 rings (SSSR count). The van der Waals surface area contributed by atoms with Crippen LogP contribution < -0.4 is 10.1 Å². The maximum Gasteiger partial charge on any atom is 0.164 e. The summed E-state index contributed by atoms with van der Waals surface area (Å²) in [5, 5.41) is 7.92. The van der Waals surface area contributed by atoms with Gasteiger partial charge in [0.05, 0.1) is 17.6 Å². The fraction of sp³-hybridized carbons (Fsp3) is 0.414. The van der Waals surface area contributed by atoms with Crippen molar-refractivity contribution in [2.75, 3.05) is 31.5 Å². The van der Waals surface area contributed by atoms with E-state index in [4.69, 9.17) is 9.72 Å². The molecule has 0 saturated carbocycles. The third-order valence-corrected chi connectivity index (χ3v) is 8.12. The van der Waals surface area contributed by atoms with Crippen molar-refractivity contribution in [1.82, 2.24) is 29.5 Å². The van der Waals surface area contributed by atoms with Crippen LogP contribution in [0, 0.1) is 6.92 Å². The minimum atomic E-state index is 0.435. The van der Waals surface area contributed by atoms with Crippen molar-refractivity contribution in [2.45, 2.75) is 44.8 Å². The molecule has 0 spiro atoms. The summed E-state index contributed by atoms with van der Waals surface area (Å²) >= 11 is 0. The molecular weight excluding hydrogens is 462 g/mol. The van der Waals surface area contributed by atoms with E-state index in [2.05, 4.69) is 44.4 Å². The van der Waals surface area contributed by atoms with Crippen LogP contribution in [0.25, 0.3) is 11.1 Å². The van der Waals surface area contributed by atoms with E-state index in [9.17, 15) is 0 Å². The van der Waals surface area contributed by atoms with E-state index in [0.29, 0.717) is 18.6 Å². The van der Waals surface area contributed by atoms with Gasteiger partial charge in [0.25, 0.3) is 0 Å². The Bertz CT molecular complexity index is 1340. The van der Waals surface area contributed by atoms with Gasteiger partial charge in [0, 0.05) is 67.0 Å². The van der Waals surface area contributed by atoms with Gasteiger partial charge in [0.15, 0.2) is 5.75 Å². The van der Waals surface area contributed by atoms with Gasteiger partial charge in [-0.3, -0.25) is 14.6 Å². The van der Waals surface area contributed by atoms with Crippen LogP contribution in [-0.4, -0.2) is 61.8 Å². The zero-order valence-corrected chi connectivity index (χ0v) is 21.8. The molecule has 2 saturated heterocycles. The van der Waals surface area contributed by atoms with Gasteiger partial charge in [-0.25, -0.2) is 4.98 Å². The molecule has 37 heavy (non-hydrogen) atoms. The maximum absolute atomic E-state index is 6.32. The Morgan fingerprint density at radius 1 is 1.22 bits per heavy atom. The smallest absolute Gasteiger partial charge is 0.164 e. The topological polar surface area (TPSA) is 71.3 Å². The van der Waals surface area contributed by atoms with Crippen LogP contribution in [0.4, 0.5) is 11.5 Å². The standard InChI is InChI=1S/C29H35N7O/c1-5-19(2)36-13-9-23(17-36)35-11-7-21(8-12-35)26-14-27-28(20(3)32-26)37-18-25-24(6-10-30-29(25)33-27)22-15-31-34(4)16-22/h5-6,10,14-16,21,23H,1-2,7-9,11-13,17-18H2,3-4H3,(H,30,33). The molecule has 8 heteroatoms. The molecule has 0 radical (unpaired) electrons. The van der Waals surface area contributed by atoms with Crippen LogP contribution >= 0.6 is 0 Å². The lowest BCUT2D eigenvalue weighted by Gasteiger charge is -2.36. The van der Waals surface area contributed by atoms with E-state index in [1.54, 1.807) is 0 Å². The first-order valence-corrected chi connectivity index (χ1v) is 13.2. The minimum Gasteiger partial charge on any atom is -0.485 e. The number of anilines is 2. The predicted octanol–water partition coefficient (Wildman–Crippen LogP) is 4.77. The number of hydrogen-bond donors (Lipinski definition) is 1. The zero-order chi connectivity index (χ0) is 25.5. The number of likely N-dealkylation sites (tertiary alicyclic amines) is 2. The van der Waals surface area contributed by atoms with Gasteiger partial charge in [-0.1, -0.05) is 13.2 Å². The van der Waals surface area contributed by atoms with Crippen molar-refractivity contribution in [1.29, 1.82) is 0 Å². The Hall–Kier alpha value is -3.65. The van der Waals surface area contributed by atoms with Crippen molar-refractivity contribution < 1.29 is 4.74 Å². The fourth-order valence-corrected chi connectivity index (χ4v) is 6.01. The summed E-state index contributed by atoms with van der Waals surface area (Å²) in [6, 6.07) is 4.81. The Morgan fingerprint density at radius 2 is 2.05 bits per heavy atom. The van der Waals surface area contributed by atoms with Gasteiger partial charge in [-0.05, 0) is 63.0 Å². The predicted molar refractivity (Wildman–Crippen MR) is 146 cm³/mol. The van der Waals surface area contributed by atoms with Gasteiger partial charge in [0.1, 0.15) is 12.4 Å². The first-order chi connectivity index (χ1) is 18.0. The number of allylic oxidation sites excluding steroid dienone is 1. The Labute approximate surface area is 218 Å². The number of rotatable bonds is 5. The molecule has 0 amide bonds. The SMILES string of the molecule is C=CC(=C)N1CCC(N2CCC(c3cc4c(c(C)n3)OCc3c(-c5cnn(C)c5)ccnc3N4)CC2)C1. The normalized spacial score (nSPS) is 19.9. The van der Waals surface area contributed by atoms with Crippen molar-refractivity contribution in [3.8, 4) is 16.9 Å². The second-order valence-corrected chi connectivity index (χ2v) is 10.4. The number of piperidine rings is 1. The first kappa shape index (κ1) is 23.7. The largest absolute Gasteiger partial charge is 0.485 e. The summed E-state index contributed by atoms with van der Waals surface area (Å²) in [5.74, 6) is 2.09. The average molecular weight is 498 g/mol. The lowest BCUT2D eigenvalue weighted by molar-refractivity contribution is 0.154. The molecule has 6 heterocycles. The highest BCUT2D eigenvalue weighted by molar-refractivity contribution is 5.76. The van der Waals surface area contributed by atoms with Crippen LogP contribution in [0.3, 0.4) is 0 Å². The minimum absolute atomic E-state index is 0.435. The van der Waals surface area contributed by atoms with Crippen molar-refractivity contribution >= 4 is 11.5 Å². The molecule has 192 valence electrons. The Kier molecular flexibility index (Phi) is 6.20. The quantitative estimate of drug-likeness (QED) is 0.509. The van der Waals surface area contributed by atoms with E-state index in [-0.39, 0.29) is 0 Å².